The highest BCUT2D eigenvalue weighted by molar-refractivity contribution is 9.10. The molecular formula is C7H5BrNO4S. The SMILES string of the molecule is CS(=O)(=O)c1[c]c(Br)cc([N+](=O)[O-])c1. The van der Waals surface area contributed by atoms with Crippen LogP contribution in [0.2, 0.25) is 0 Å². The van der Waals surface area contributed by atoms with Crippen LogP contribution >= 0.6 is 15.9 Å². The van der Waals surface area contributed by atoms with Gasteiger partial charge in [-0.2, -0.15) is 0 Å². The minimum atomic E-state index is -3.47. The summed E-state index contributed by atoms with van der Waals surface area (Å²) in [5, 5.41) is 10.4. The summed E-state index contributed by atoms with van der Waals surface area (Å²) in [7, 11) is -3.47. The molecule has 0 spiro atoms. The zero-order chi connectivity index (χ0) is 10.9. The fourth-order valence-corrected chi connectivity index (χ4v) is 2.01. The summed E-state index contributed by atoms with van der Waals surface area (Å²) >= 11 is 2.95. The second kappa shape index (κ2) is 3.66. The van der Waals surface area contributed by atoms with E-state index in [1.807, 2.05) is 0 Å². The molecule has 0 aliphatic heterocycles. The average molecular weight is 279 g/mol. The van der Waals surface area contributed by atoms with Gasteiger partial charge in [0.1, 0.15) is 0 Å². The Kier molecular flexibility index (Phi) is 2.91. The fraction of sp³-hybridized carbons (Fsp3) is 0.143. The Bertz CT molecular complexity index is 482. The second-order valence-corrected chi connectivity index (χ2v) is 5.42. The summed E-state index contributed by atoms with van der Waals surface area (Å²) in [5.41, 5.74) is -0.281. The van der Waals surface area contributed by atoms with Crippen molar-refractivity contribution in [3.05, 3.63) is 32.8 Å². The van der Waals surface area contributed by atoms with Gasteiger partial charge in [-0.25, -0.2) is 8.42 Å². The van der Waals surface area contributed by atoms with Crippen LogP contribution in [0.1, 0.15) is 0 Å². The highest BCUT2D eigenvalue weighted by Gasteiger charge is 2.15. The standard InChI is InChI=1S/C7H5BrNO4S/c1-14(12,13)7-3-5(8)2-6(4-7)9(10)11/h2,4H,1H3. The van der Waals surface area contributed by atoms with E-state index in [1.54, 1.807) is 0 Å². The smallest absolute Gasteiger partial charge is 0.258 e. The van der Waals surface area contributed by atoms with Crippen LogP contribution in [0.5, 0.6) is 0 Å². The van der Waals surface area contributed by atoms with Crippen molar-refractivity contribution < 1.29 is 13.3 Å². The quantitative estimate of drug-likeness (QED) is 0.608. The Labute approximate surface area is 88.9 Å². The molecular weight excluding hydrogens is 274 g/mol. The molecule has 0 N–H and O–H groups in total. The Hall–Kier alpha value is -0.950. The number of nitrogens with zero attached hydrogens (tertiary/aromatic N) is 1. The van der Waals surface area contributed by atoms with E-state index < -0.39 is 14.8 Å². The normalized spacial score (nSPS) is 11.3. The van der Waals surface area contributed by atoms with Crippen LogP contribution in [0.3, 0.4) is 0 Å². The van der Waals surface area contributed by atoms with Crippen LogP contribution in [0, 0.1) is 16.2 Å². The lowest BCUT2D eigenvalue weighted by atomic mass is 10.3. The van der Waals surface area contributed by atoms with Crippen molar-refractivity contribution in [2.45, 2.75) is 4.90 Å². The molecule has 0 bridgehead atoms. The van der Waals surface area contributed by atoms with Gasteiger partial charge in [-0.15, -0.1) is 0 Å². The molecule has 0 aromatic heterocycles. The molecule has 0 unspecified atom stereocenters. The molecule has 0 fully saturated rings. The number of non-ortho nitro benzene ring substituents is 1. The summed E-state index contributed by atoms with van der Waals surface area (Å²) in [6.45, 7) is 0. The van der Waals surface area contributed by atoms with Crippen molar-refractivity contribution >= 4 is 31.5 Å². The Morgan fingerprint density at radius 1 is 1.50 bits per heavy atom. The lowest BCUT2D eigenvalue weighted by Gasteiger charge is -1.98. The molecule has 14 heavy (non-hydrogen) atoms. The predicted octanol–water partition coefficient (Wildman–Crippen LogP) is 1.56. The number of benzene rings is 1. The van der Waals surface area contributed by atoms with E-state index in [0.29, 0.717) is 0 Å². The lowest BCUT2D eigenvalue weighted by molar-refractivity contribution is -0.385. The first-order valence-electron chi connectivity index (χ1n) is 3.38. The van der Waals surface area contributed by atoms with Gasteiger partial charge >= 0.3 is 0 Å². The first-order chi connectivity index (χ1) is 6.30. The number of hydrogen-bond acceptors (Lipinski definition) is 4. The summed E-state index contributed by atoms with van der Waals surface area (Å²) in [6, 6.07) is 4.63. The third-order valence-electron chi connectivity index (χ3n) is 1.41. The predicted molar refractivity (Wildman–Crippen MR) is 52.7 cm³/mol. The molecule has 5 nitrogen and oxygen atoms in total. The fourth-order valence-electron chi connectivity index (χ4n) is 0.801. The molecule has 0 saturated carbocycles. The third kappa shape index (κ3) is 2.52. The number of halogens is 1. The second-order valence-electron chi connectivity index (χ2n) is 2.58. The Balaban J connectivity index is 3.43. The first kappa shape index (κ1) is 11.1. The summed E-state index contributed by atoms with van der Waals surface area (Å²) in [5.74, 6) is 0. The molecule has 1 aromatic carbocycles. The van der Waals surface area contributed by atoms with Crippen LogP contribution < -0.4 is 0 Å². The van der Waals surface area contributed by atoms with Gasteiger partial charge in [-0.3, -0.25) is 10.1 Å². The molecule has 0 atom stereocenters. The van der Waals surface area contributed by atoms with E-state index >= 15 is 0 Å². The molecule has 0 aliphatic rings. The lowest BCUT2D eigenvalue weighted by Crippen LogP contribution is -1.99. The third-order valence-corrected chi connectivity index (χ3v) is 2.85. The van der Waals surface area contributed by atoms with E-state index in [1.165, 1.54) is 6.07 Å². The molecule has 0 amide bonds. The van der Waals surface area contributed by atoms with Crippen LogP contribution in [-0.4, -0.2) is 19.6 Å². The van der Waals surface area contributed by atoms with Crippen LogP contribution in [0.4, 0.5) is 5.69 Å². The number of hydrogen-bond donors (Lipinski definition) is 0. The highest BCUT2D eigenvalue weighted by Crippen LogP contribution is 2.23. The van der Waals surface area contributed by atoms with Crippen molar-refractivity contribution in [2.75, 3.05) is 6.26 Å². The molecule has 7 heteroatoms. The molecule has 0 aliphatic carbocycles. The summed E-state index contributed by atoms with van der Waals surface area (Å²) in [4.78, 5) is 9.55. The van der Waals surface area contributed by atoms with Gasteiger partial charge in [-0.1, -0.05) is 0 Å². The van der Waals surface area contributed by atoms with Crippen molar-refractivity contribution in [1.29, 1.82) is 0 Å². The number of nitro benzene ring substituents is 1. The van der Waals surface area contributed by atoms with Gasteiger partial charge in [-0.05, 0) is 15.9 Å². The minimum Gasteiger partial charge on any atom is -0.258 e. The van der Waals surface area contributed by atoms with Gasteiger partial charge in [0.05, 0.1) is 9.82 Å². The van der Waals surface area contributed by atoms with Crippen LogP contribution in [0.25, 0.3) is 0 Å². The maximum atomic E-state index is 11.1. The van der Waals surface area contributed by atoms with Crippen LogP contribution in [-0.2, 0) is 9.84 Å². The topological polar surface area (TPSA) is 77.3 Å². The molecule has 1 rings (SSSR count). The van der Waals surface area contributed by atoms with Crippen molar-refractivity contribution in [3.8, 4) is 0 Å². The maximum Gasteiger partial charge on any atom is 0.271 e. The molecule has 0 saturated heterocycles. The van der Waals surface area contributed by atoms with Crippen molar-refractivity contribution in [1.82, 2.24) is 0 Å². The van der Waals surface area contributed by atoms with Gasteiger partial charge in [0.15, 0.2) is 9.84 Å². The van der Waals surface area contributed by atoms with E-state index in [0.717, 1.165) is 12.3 Å². The van der Waals surface area contributed by atoms with Crippen molar-refractivity contribution in [3.63, 3.8) is 0 Å². The number of nitro groups is 1. The average Bonchev–Trinajstić information content (AvgIpc) is 2.01. The molecule has 1 aromatic rings. The summed E-state index contributed by atoms with van der Waals surface area (Å²) < 4.78 is 22.4. The molecule has 1 radical (unpaired) electrons. The van der Waals surface area contributed by atoms with Crippen molar-refractivity contribution in [2.24, 2.45) is 0 Å². The number of sulfone groups is 1. The van der Waals surface area contributed by atoms with Gasteiger partial charge in [0.25, 0.3) is 5.69 Å². The van der Waals surface area contributed by atoms with E-state index in [-0.39, 0.29) is 15.1 Å². The van der Waals surface area contributed by atoms with Gasteiger partial charge in [0, 0.05) is 28.9 Å². The van der Waals surface area contributed by atoms with E-state index in [9.17, 15) is 18.5 Å². The first-order valence-corrected chi connectivity index (χ1v) is 6.06. The van der Waals surface area contributed by atoms with E-state index in [2.05, 4.69) is 22.0 Å². The maximum absolute atomic E-state index is 11.1. The monoisotopic (exact) mass is 278 g/mol. The van der Waals surface area contributed by atoms with Gasteiger partial charge < -0.3 is 0 Å². The minimum absolute atomic E-state index is 0.196. The Morgan fingerprint density at radius 3 is 2.50 bits per heavy atom. The highest BCUT2D eigenvalue weighted by atomic mass is 79.9. The largest absolute Gasteiger partial charge is 0.271 e. The number of rotatable bonds is 2. The Morgan fingerprint density at radius 2 is 2.07 bits per heavy atom. The molecule has 0 heterocycles. The van der Waals surface area contributed by atoms with E-state index in [4.69, 9.17) is 0 Å². The zero-order valence-electron chi connectivity index (χ0n) is 7.02. The van der Waals surface area contributed by atoms with Crippen LogP contribution in [0.15, 0.2) is 21.5 Å². The zero-order valence-corrected chi connectivity index (χ0v) is 9.42. The molecule has 75 valence electrons. The van der Waals surface area contributed by atoms with Gasteiger partial charge in [0.2, 0.25) is 0 Å². The summed E-state index contributed by atoms with van der Waals surface area (Å²) in [6.07, 6.45) is 0.967.